The van der Waals surface area contributed by atoms with Gasteiger partial charge in [-0.25, -0.2) is 0 Å². The molecule has 0 aromatic rings. The van der Waals surface area contributed by atoms with Crippen LogP contribution >= 0.6 is 0 Å². The van der Waals surface area contributed by atoms with Crippen molar-refractivity contribution < 1.29 is 4.79 Å². The van der Waals surface area contributed by atoms with Crippen molar-refractivity contribution in [1.82, 2.24) is 0 Å². The molecule has 0 heterocycles. The quantitative estimate of drug-likeness (QED) is 0.495. The van der Waals surface area contributed by atoms with E-state index in [4.69, 9.17) is 0 Å². The van der Waals surface area contributed by atoms with Crippen molar-refractivity contribution in [3.05, 3.63) is 0 Å². The number of hydrogen-bond donors (Lipinski definition) is 0. The van der Waals surface area contributed by atoms with Crippen LogP contribution in [0.3, 0.4) is 0 Å². The molecule has 1 nitrogen and oxygen atoms in total. The van der Waals surface area contributed by atoms with Crippen molar-refractivity contribution in [2.75, 3.05) is 0 Å². The van der Waals surface area contributed by atoms with E-state index in [2.05, 4.69) is 25.6 Å². The van der Waals surface area contributed by atoms with Crippen LogP contribution in [0.15, 0.2) is 0 Å². The lowest BCUT2D eigenvalue weighted by Gasteiger charge is -2.29. The van der Waals surface area contributed by atoms with Gasteiger partial charge in [0, 0.05) is 10.8 Å². The molecule has 0 aromatic heterocycles. The average molecular weight is 191 g/mol. The molecule has 2 heteroatoms. The smallest absolute Gasteiger partial charge is 0.212 e. The summed E-state index contributed by atoms with van der Waals surface area (Å²) in [7, 11) is 1.84. The topological polar surface area (TPSA) is 17.1 Å². The first-order chi connectivity index (χ1) is 6.21. The summed E-state index contributed by atoms with van der Waals surface area (Å²) in [6.45, 7) is 11.7. The molecule has 0 aliphatic carbocycles. The molecule has 77 valence electrons. The maximum Gasteiger partial charge on any atom is 0.212 e. The third-order valence-electron chi connectivity index (χ3n) is 2.39. The van der Waals surface area contributed by atoms with E-state index in [0.717, 1.165) is 6.42 Å². The Labute approximate surface area is 88.9 Å². The van der Waals surface area contributed by atoms with Gasteiger partial charge in [-0.1, -0.05) is 20.7 Å². The van der Waals surface area contributed by atoms with Crippen molar-refractivity contribution in [3.63, 3.8) is 0 Å². The fraction of sp³-hybridized carbons (Fsp3) is 0.750. The molecule has 0 atom stereocenters. The summed E-state index contributed by atoms with van der Waals surface area (Å²) in [5.41, 5.74) is -0.367. The van der Waals surface area contributed by atoms with Crippen LogP contribution in [0.2, 0.25) is 6.82 Å². The van der Waals surface area contributed by atoms with Crippen LogP contribution in [0.1, 0.15) is 41.0 Å². The van der Waals surface area contributed by atoms with Crippen LogP contribution in [-0.2, 0) is 4.79 Å². The van der Waals surface area contributed by atoms with Crippen molar-refractivity contribution in [1.29, 1.82) is 0 Å². The van der Waals surface area contributed by atoms with Crippen molar-refractivity contribution in [2.45, 2.75) is 47.9 Å². The van der Waals surface area contributed by atoms with Gasteiger partial charge in [0.05, 0.1) is 0 Å². The predicted octanol–water partition coefficient (Wildman–Crippen LogP) is 2.73. The number of carbonyl (C=O) groups excluding carboxylic acids is 1. The Kier molecular flexibility index (Phi) is 4.45. The molecule has 0 fully saturated rings. The van der Waals surface area contributed by atoms with Crippen LogP contribution in [0, 0.1) is 22.6 Å². The second-order valence-corrected chi connectivity index (χ2v) is 5.06. The summed E-state index contributed by atoms with van der Waals surface area (Å²) in [6, 6.07) is 0. The summed E-state index contributed by atoms with van der Waals surface area (Å²) in [4.78, 5) is 11.4. The minimum atomic E-state index is -0.272. The number of ketones is 1. The zero-order valence-corrected chi connectivity index (χ0v) is 10.2. The Morgan fingerprint density at radius 1 is 1.29 bits per heavy atom. The molecule has 0 aromatic carbocycles. The summed E-state index contributed by atoms with van der Waals surface area (Å²) in [6.07, 6.45) is 0.802. The van der Waals surface area contributed by atoms with Crippen LogP contribution in [-0.4, -0.2) is 13.1 Å². The molecule has 1 radical (unpaired) electrons. The summed E-state index contributed by atoms with van der Waals surface area (Å²) >= 11 is 0. The first-order valence-corrected chi connectivity index (χ1v) is 5.03. The highest BCUT2D eigenvalue weighted by Gasteiger charge is 2.30. The highest BCUT2D eigenvalue weighted by molar-refractivity contribution is 6.44. The molecule has 0 aliphatic rings. The Balaban J connectivity index is 4.58. The van der Waals surface area contributed by atoms with Crippen molar-refractivity contribution in [2.24, 2.45) is 10.8 Å². The van der Waals surface area contributed by atoms with Gasteiger partial charge in [-0.15, -0.1) is 5.92 Å². The summed E-state index contributed by atoms with van der Waals surface area (Å²) in [5.74, 6) is 6.36. The van der Waals surface area contributed by atoms with E-state index in [9.17, 15) is 4.79 Å². The van der Waals surface area contributed by atoms with Gasteiger partial charge in [0.2, 0.25) is 7.28 Å². The van der Waals surface area contributed by atoms with E-state index in [1.165, 1.54) is 0 Å². The fourth-order valence-corrected chi connectivity index (χ4v) is 1.54. The third-order valence-corrected chi connectivity index (χ3v) is 2.39. The van der Waals surface area contributed by atoms with Crippen LogP contribution < -0.4 is 0 Å². The van der Waals surface area contributed by atoms with Gasteiger partial charge in [0.25, 0.3) is 0 Å². The van der Waals surface area contributed by atoms with Crippen molar-refractivity contribution in [3.8, 4) is 11.7 Å². The Bertz CT molecular complexity index is 266. The predicted molar refractivity (Wildman–Crippen MR) is 62.3 cm³/mol. The van der Waals surface area contributed by atoms with Crippen LogP contribution in [0.25, 0.3) is 0 Å². The maximum absolute atomic E-state index is 11.4. The molecular formula is C12H20BO. The van der Waals surface area contributed by atoms with E-state index in [1.807, 2.05) is 28.0 Å². The van der Waals surface area contributed by atoms with Gasteiger partial charge >= 0.3 is 0 Å². The molecular weight excluding hydrogens is 171 g/mol. The fourth-order valence-electron chi connectivity index (χ4n) is 1.54. The van der Waals surface area contributed by atoms with Crippen LogP contribution in [0.5, 0.6) is 0 Å². The van der Waals surface area contributed by atoms with E-state index in [0.29, 0.717) is 0 Å². The van der Waals surface area contributed by atoms with Gasteiger partial charge in [-0.05, 0) is 27.2 Å². The maximum atomic E-state index is 11.4. The molecule has 0 N–H and O–H groups in total. The highest BCUT2D eigenvalue weighted by atomic mass is 16.1. The molecule has 0 saturated heterocycles. The normalized spacial score (nSPS) is 11.6. The van der Waals surface area contributed by atoms with Gasteiger partial charge in [0.1, 0.15) is 5.78 Å². The third kappa shape index (κ3) is 4.51. The minimum Gasteiger partial charge on any atom is -0.299 e. The van der Waals surface area contributed by atoms with E-state index in [-0.39, 0.29) is 16.6 Å². The number of Topliss-reactive ketones (excluding diaryl/α,β-unsaturated/α-hetero) is 1. The SMILES string of the molecule is C[B]C#CC(C)(C)CC(C)(C)C(C)=O. The zero-order valence-electron chi connectivity index (χ0n) is 10.2. The number of hydrogen-bond acceptors (Lipinski definition) is 1. The van der Waals surface area contributed by atoms with E-state index >= 15 is 0 Å². The van der Waals surface area contributed by atoms with Gasteiger partial charge in [-0.3, -0.25) is 4.79 Å². The van der Waals surface area contributed by atoms with Gasteiger partial charge in [0.15, 0.2) is 0 Å². The standard InChI is InChI=1S/C12H20BO/c1-10(14)12(4,5)9-11(2,3)7-8-13-6/h9H2,1-6H3. The Morgan fingerprint density at radius 2 is 1.79 bits per heavy atom. The second kappa shape index (κ2) is 4.69. The Morgan fingerprint density at radius 3 is 2.14 bits per heavy atom. The second-order valence-electron chi connectivity index (χ2n) is 5.06. The lowest BCUT2D eigenvalue weighted by Crippen LogP contribution is -2.28. The van der Waals surface area contributed by atoms with E-state index < -0.39 is 0 Å². The summed E-state index contributed by atoms with van der Waals surface area (Å²) in [5, 5.41) is 0. The first-order valence-electron chi connectivity index (χ1n) is 5.03. The number of carbonyl (C=O) groups is 1. The molecule has 0 aliphatic heterocycles. The first kappa shape index (κ1) is 13.3. The molecule has 0 rings (SSSR count). The lowest BCUT2D eigenvalue weighted by molar-refractivity contribution is -0.126. The zero-order chi connectivity index (χ0) is 11.4. The minimum absolute atomic E-state index is 0.0956. The van der Waals surface area contributed by atoms with Crippen LogP contribution in [0.4, 0.5) is 0 Å². The average Bonchev–Trinajstić information content (AvgIpc) is 1.99. The molecule has 0 amide bonds. The molecule has 0 bridgehead atoms. The molecule has 0 spiro atoms. The van der Waals surface area contributed by atoms with E-state index in [1.54, 1.807) is 6.92 Å². The Hall–Kier alpha value is -0.705. The summed E-state index contributed by atoms with van der Waals surface area (Å²) < 4.78 is 0. The molecule has 0 saturated carbocycles. The molecule has 0 unspecified atom stereocenters. The van der Waals surface area contributed by atoms with Crippen molar-refractivity contribution >= 4 is 13.1 Å². The monoisotopic (exact) mass is 191 g/mol. The number of rotatable bonds is 3. The highest BCUT2D eigenvalue weighted by Crippen LogP contribution is 2.33. The van der Waals surface area contributed by atoms with Gasteiger partial charge < -0.3 is 0 Å². The molecule has 14 heavy (non-hydrogen) atoms. The van der Waals surface area contributed by atoms with Gasteiger partial charge in [-0.2, -0.15) is 5.82 Å². The lowest BCUT2D eigenvalue weighted by atomic mass is 9.72. The largest absolute Gasteiger partial charge is 0.299 e.